The van der Waals surface area contributed by atoms with Gasteiger partial charge in [0.15, 0.2) is 0 Å². The van der Waals surface area contributed by atoms with E-state index in [0.717, 1.165) is 0 Å². The van der Waals surface area contributed by atoms with Crippen LogP contribution in [0, 0.1) is 0 Å². The van der Waals surface area contributed by atoms with Crippen molar-refractivity contribution in [3.63, 3.8) is 0 Å². The molecule has 1 heterocycles. The molecule has 6 heteroatoms. The van der Waals surface area contributed by atoms with Gasteiger partial charge in [-0.1, -0.05) is 13.8 Å². The number of nitrogen functional groups attached to an aromatic ring is 1. The average molecular weight is 229 g/mol. The third-order valence-electron chi connectivity index (χ3n) is 2.10. The van der Waals surface area contributed by atoms with Gasteiger partial charge in [-0.2, -0.15) is 4.31 Å². The molecule has 1 aromatic rings. The summed E-state index contributed by atoms with van der Waals surface area (Å²) in [6.45, 7) is 4.49. The number of hydrogen-bond acceptors (Lipinski definition) is 4. The number of rotatable bonds is 4. The first-order valence-electron chi connectivity index (χ1n) is 4.74. The van der Waals surface area contributed by atoms with E-state index < -0.39 is 10.0 Å². The summed E-state index contributed by atoms with van der Waals surface area (Å²) in [5.74, 6) is 0.211. The van der Waals surface area contributed by atoms with Gasteiger partial charge in [0.05, 0.1) is 4.90 Å². The summed E-state index contributed by atoms with van der Waals surface area (Å²) in [4.78, 5) is 3.95. The van der Waals surface area contributed by atoms with E-state index in [-0.39, 0.29) is 10.7 Å². The first-order chi connectivity index (χ1) is 7.02. The fraction of sp³-hybridized carbons (Fsp3) is 0.444. The number of nitrogens with zero attached hydrogens (tertiary/aromatic N) is 2. The van der Waals surface area contributed by atoms with Crippen molar-refractivity contribution in [2.24, 2.45) is 0 Å². The second-order valence-corrected chi connectivity index (χ2v) is 4.94. The zero-order valence-electron chi connectivity index (χ0n) is 8.84. The van der Waals surface area contributed by atoms with Crippen LogP contribution in [0.2, 0.25) is 0 Å². The smallest absolute Gasteiger partial charge is 0.243 e. The minimum atomic E-state index is -3.41. The molecule has 0 unspecified atom stereocenters. The van der Waals surface area contributed by atoms with Crippen molar-refractivity contribution in [3.05, 3.63) is 18.3 Å². The normalized spacial score (nSPS) is 11.9. The minimum Gasteiger partial charge on any atom is -0.384 e. The molecule has 0 fully saturated rings. The topological polar surface area (TPSA) is 76.3 Å². The predicted octanol–water partition coefficient (Wildman–Crippen LogP) is 0.694. The van der Waals surface area contributed by atoms with Crippen LogP contribution in [0.5, 0.6) is 0 Å². The van der Waals surface area contributed by atoms with E-state index >= 15 is 0 Å². The van der Waals surface area contributed by atoms with Gasteiger partial charge in [0.1, 0.15) is 5.82 Å². The Bertz CT molecular complexity index is 427. The monoisotopic (exact) mass is 229 g/mol. The molecular weight excluding hydrogens is 214 g/mol. The van der Waals surface area contributed by atoms with Crippen molar-refractivity contribution >= 4 is 15.8 Å². The molecule has 0 amide bonds. The fourth-order valence-corrected chi connectivity index (χ4v) is 2.78. The van der Waals surface area contributed by atoms with Crippen LogP contribution in [-0.4, -0.2) is 30.8 Å². The number of aromatic nitrogens is 1. The van der Waals surface area contributed by atoms with Crippen molar-refractivity contribution < 1.29 is 8.42 Å². The molecular formula is C9H15N3O2S. The second kappa shape index (κ2) is 4.59. The third-order valence-corrected chi connectivity index (χ3v) is 4.14. The zero-order chi connectivity index (χ0) is 11.5. The summed E-state index contributed by atoms with van der Waals surface area (Å²) in [6.07, 6.45) is 1.39. The van der Waals surface area contributed by atoms with Crippen LogP contribution in [0.15, 0.2) is 23.2 Å². The molecule has 0 spiro atoms. The standard InChI is InChI=1S/C9H15N3O2S/c1-3-12(4-2)15(13,14)8-5-6-11-9(10)7-8/h5-7H,3-4H2,1-2H3,(H2,10,11). The van der Waals surface area contributed by atoms with Gasteiger partial charge in [-0.25, -0.2) is 13.4 Å². The Kier molecular flexibility index (Phi) is 3.65. The van der Waals surface area contributed by atoms with Crippen LogP contribution in [0.4, 0.5) is 5.82 Å². The van der Waals surface area contributed by atoms with Gasteiger partial charge in [0.2, 0.25) is 10.0 Å². The van der Waals surface area contributed by atoms with Crippen molar-refractivity contribution in [2.45, 2.75) is 18.7 Å². The molecule has 0 atom stereocenters. The molecule has 0 aliphatic heterocycles. The van der Waals surface area contributed by atoms with Gasteiger partial charge in [0.25, 0.3) is 0 Å². The van der Waals surface area contributed by atoms with E-state index in [2.05, 4.69) is 4.98 Å². The summed E-state index contributed by atoms with van der Waals surface area (Å²) >= 11 is 0. The Morgan fingerprint density at radius 1 is 1.40 bits per heavy atom. The largest absolute Gasteiger partial charge is 0.384 e. The van der Waals surface area contributed by atoms with Crippen LogP contribution in [-0.2, 0) is 10.0 Å². The molecule has 0 aromatic carbocycles. The third kappa shape index (κ3) is 2.45. The first kappa shape index (κ1) is 11.9. The lowest BCUT2D eigenvalue weighted by Gasteiger charge is -2.18. The predicted molar refractivity (Wildman–Crippen MR) is 58.8 cm³/mol. The van der Waals surface area contributed by atoms with Crippen LogP contribution in [0.1, 0.15) is 13.8 Å². The number of anilines is 1. The van der Waals surface area contributed by atoms with Crippen molar-refractivity contribution in [2.75, 3.05) is 18.8 Å². The quantitative estimate of drug-likeness (QED) is 0.824. The van der Waals surface area contributed by atoms with E-state index in [0.29, 0.717) is 13.1 Å². The summed E-state index contributed by atoms with van der Waals surface area (Å²) in [7, 11) is -3.41. The lowest BCUT2D eigenvalue weighted by Crippen LogP contribution is -2.30. The van der Waals surface area contributed by atoms with E-state index in [4.69, 9.17) is 5.73 Å². The minimum absolute atomic E-state index is 0.193. The Hall–Kier alpha value is -1.14. The maximum Gasteiger partial charge on any atom is 0.243 e. The van der Waals surface area contributed by atoms with Crippen molar-refractivity contribution in [1.29, 1.82) is 0 Å². The van der Waals surface area contributed by atoms with Crippen molar-refractivity contribution in [3.8, 4) is 0 Å². The Morgan fingerprint density at radius 3 is 2.47 bits per heavy atom. The molecule has 1 rings (SSSR count). The highest BCUT2D eigenvalue weighted by atomic mass is 32.2. The number of hydrogen-bond donors (Lipinski definition) is 1. The van der Waals surface area contributed by atoms with Gasteiger partial charge in [-0.3, -0.25) is 0 Å². The average Bonchev–Trinajstić information content (AvgIpc) is 2.19. The Balaban J connectivity index is 3.16. The summed E-state index contributed by atoms with van der Waals surface area (Å²) < 4.78 is 25.4. The highest BCUT2D eigenvalue weighted by Crippen LogP contribution is 2.15. The highest BCUT2D eigenvalue weighted by Gasteiger charge is 2.21. The molecule has 1 aromatic heterocycles. The Labute approximate surface area is 90.0 Å². The van der Waals surface area contributed by atoms with Gasteiger partial charge in [0, 0.05) is 25.4 Å². The molecule has 0 radical (unpaired) electrons. The van der Waals surface area contributed by atoms with Crippen LogP contribution in [0.25, 0.3) is 0 Å². The van der Waals surface area contributed by atoms with Crippen molar-refractivity contribution in [1.82, 2.24) is 9.29 Å². The molecule has 2 N–H and O–H groups in total. The van der Waals surface area contributed by atoms with E-state index in [1.807, 2.05) is 0 Å². The molecule has 0 saturated carbocycles. The summed E-state index contributed by atoms with van der Waals surface area (Å²) in [5.41, 5.74) is 5.44. The molecule has 84 valence electrons. The molecule has 5 nitrogen and oxygen atoms in total. The molecule has 15 heavy (non-hydrogen) atoms. The van der Waals surface area contributed by atoms with Crippen LogP contribution < -0.4 is 5.73 Å². The van der Waals surface area contributed by atoms with Crippen LogP contribution in [0.3, 0.4) is 0 Å². The maximum atomic E-state index is 12.0. The van der Waals surface area contributed by atoms with Crippen LogP contribution >= 0.6 is 0 Å². The number of sulfonamides is 1. The molecule has 0 saturated heterocycles. The van der Waals surface area contributed by atoms with Gasteiger partial charge >= 0.3 is 0 Å². The SMILES string of the molecule is CCN(CC)S(=O)(=O)c1ccnc(N)c1. The number of pyridine rings is 1. The second-order valence-electron chi connectivity index (χ2n) is 3.01. The molecule has 0 bridgehead atoms. The maximum absolute atomic E-state index is 12.0. The summed E-state index contributed by atoms with van der Waals surface area (Å²) in [6, 6.07) is 2.82. The van der Waals surface area contributed by atoms with Gasteiger partial charge in [-0.05, 0) is 6.07 Å². The van der Waals surface area contributed by atoms with Gasteiger partial charge in [-0.15, -0.1) is 0 Å². The number of nitrogens with two attached hydrogens (primary N) is 1. The summed E-state index contributed by atoms with van der Waals surface area (Å²) in [5, 5.41) is 0. The first-order valence-corrected chi connectivity index (χ1v) is 6.18. The van der Waals surface area contributed by atoms with Gasteiger partial charge < -0.3 is 5.73 Å². The van der Waals surface area contributed by atoms with E-state index in [1.54, 1.807) is 13.8 Å². The lowest BCUT2D eigenvalue weighted by atomic mass is 10.5. The van der Waals surface area contributed by atoms with E-state index in [1.165, 1.54) is 22.6 Å². The fourth-order valence-electron chi connectivity index (χ4n) is 1.30. The molecule has 0 aliphatic rings. The Morgan fingerprint density at radius 2 is 2.00 bits per heavy atom. The zero-order valence-corrected chi connectivity index (χ0v) is 9.66. The van der Waals surface area contributed by atoms with E-state index in [9.17, 15) is 8.42 Å². The molecule has 0 aliphatic carbocycles. The highest BCUT2D eigenvalue weighted by molar-refractivity contribution is 7.89. The lowest BCUT2D eigenvalue weighted by molar-refractivity contribution is 0.445.